The third kappa shape index (κ3) is 3.64. The van der Waals surface area contributed by atoms with Crippen LogP contribution in [0.15, 0.2) is 16.7 Å². The summed E-state index contributed by atoms with van der Waals surface area (Å²) in [5.41, 5.74) is 0. The maximum Gasteiger partial charge on any atom is 0.144 e. The summed E-state index contributed by atoms with van der Waals surface area (Å²) in [6, 6.07) is 1.80. The van der Waals surface area contributed by atoms with Gasteiger partial charge in [0.05, 0.1) is 10.4 Å². The molecular weight excluding hydrogens is 287 g/mol. The van der Waals surface area contributed by atoms with Crippen LogP contribution >= 0.6 is 39.1 Å². The summed E-state index contributed by atoms with van der Waals surface area (Å²) in [7, 11) is 0. The summed E-state index contributed by atoms with van der Waals surface area (Å²) >= 11 is 15.2. The fourth-order valence-electron chi connectivity index (χ4n) is 0.896. The molecule has 0 aliphatic rings. The minimum absolute atomic E-state index is 0.108. The first kappa shape index (κ1) is 12.1. The highest BCUT2D eigenvalue weighted by Gasteiger charge is 2.05. The molecule has 5 heteroatoms. The van der Waals surface area contributed by atoms with Gasteiger partial charge in [0.25, 0.3) is 0 Å². The van der Waals surface area contributed by atoms with E-state index in [-0.39, 0.29) is 5.38 Å². The van der Waals surface area contributed by atoms with E-state index in [0.717, 1.165) is 10.9 Å². The Labute approximate surface area is 102 Å². The van der Waals surface area contributed by atoms with E-state index in [9.17, 15) is 0 Å². The second-order valence-corrected chi connectivity index (χ2v) is 4.81. The van der Waals surface area contributed by atoms with E-state index in [4.69, 9.17) is 23.2 Å². The molecular formula is C9H11BrCl2N2. The number of nitrogens with one attached hydrogen (secondary N) is 1. The largest absolute Gasteiger partial charge is 0.367 e. The molecule has 0 saturated carbocycles. The van der Waals surface area contributed by atoms with Crippen LogP contribution in [-0.4, -0.2) is 16.9 Å². The lowest BCUT2D eigenvalue weighted by atomic mass is 10.3. The highest BCUT2D eigenvalue weighted by molar-refractivity contribution is 9.10. The van der Waals surface area contributed by atoms with Gasteiger partial charge in [0, 0.05) is 17.2 Å². The van der Waals surface area contributed by atoms with Gasteiger partial charge in [0.2, 0.25) is 0 Å². The normalized spacial score (nSPS) is 12.6. The number of rotatable bonds is 4. The van der Waals surface area contributed by atoms with E-state index in [0.29, 0.717) is 17.4 Å². The van der Waals surface area contributed by atoms with E-state index < -0.39 is 0 Å². The van der Waals surface area contributed by atoms with E-state index in [2.05, 4.69) is 26.2 Å². The molecule has 2 nitrogen and oxygen atoms in total. The first-order valence-electron chi connectivity index (χ1n) is 4.32. The summed E-state index contributed by atoms with van der Waals surface area (Å²) < 4.78 is 0.867. The summed E-state index contributed by atoms with van der Waals surface area (Å²) in [4.78, 5) is 4.14. The quantitative estimate of drug-likeness (QED) is 0.852. The van der Waals surface area contributed by atoms with Gasteiger partial charge >= 0.3 is 0 Å². The van der Waals surface area contributed by atoms with E-state index in [1.165, 1.54) is 0 Å². The molecule has 1 atom stereocenters. The average Bonchev–Trinajstić information content (AvgIpc) is 2.16. The number of hydrogen-bond donors (Lipinski definition) is 1. The van der Waals surface area contributed by atoms with E-state index in [1.54, 1.807) is 12.3 Å². The first-order chi connectivity index (χ1) is 6.63. The van der Waals surface area contributed by atoms with Gasteiger partial charge in [-0.1, -0.05) is 18.5 Å². The third-order valence-electron chi connectivity index (χ3n) is 1.74. The van der Waals surface area contributed by atoms with Crippen LogP contribution in [0.5, 0.6) is 0 Å². The van der Waals surface area contributed by atoms with Crippen LogP contribution in [0.4, 0.5) is 5.82 Å². The number of anilines is 1. The molecule has 0 bridgehead atoms. The van der Waals surface area contributed by atoms with Crippen molar-refractivity contribution in [2.24, 2.45) is 0 Å². The molecule has 0 radical (unpaired) electrons. The second-order valence-electron chi connectivity index (χ2n) is 2.87. The number of pyridine rings is 1. The SMILES string of the molecule is CCC(Cl)CNc1ncc(Br)cc1Cl. The maximum absolute atomic E-state index is 5.96. The number of aromatic nitrogens is 1. The minimum Gasteiger partial charge on any atom is -0.367 e. The van der Waals surface area contributed by atoms with Crippen molar-refractivity contribution in [1.29, 1.82) is 0 Å². The molecule has 1 aromatic rings. The van der Waals surface area contributed by atoms with Crippen molar-refractivity contribution >= 4 is 44.9 Å². The summed E-state index contributed by atoms with van der Waals surface area (Å²) in [6.07, 6.45) is 2.62. The highest BCUT2D eigenvalue weighted by atomic mass is 79.9. The molecule has 0 aliphatic heterocycles. The minimum atomic E-state index is 0.108. The third-order valence-corrected chi connectivity index (χ3v) is 2.93. The Kier molecular flexibility index (Phi) is 4.99. The fraction of sp³-hybridized carbons (Fsp3) is 0.444. The lowest BCUT2D eigenvalue weighted by molar-refractivity contribution is 0.840. The van der Waals surface area contributed by atoms with Gasteiger partial charge in [0.1, 0.15) is 5.82 Å². The first-order valence-corrected chi connectivity index (χ1v) is 5.93. The van der Waals surface area contributed by atoms with Crippen LogP contribution in [0.25, 0.3) is 0 Å². The van der Waals surface area contributed by atoms with E-state index >= 15 is 0 Å². The van der Waals surface area contributed by atoms with E-state index in [1.807, 2.05) is 6.92 Å². The van der Waals surface area contributed by atoms with Crippen molar-refractivity contribution in [1.82, 2.24) is 4.98 Å². The van der Waals surface area contributed by atoms with Crippen molar-refractivity contribution in [3.63, 3.8) is 0 Å². The molecule has 0 aliphatic carbocycles. The van der Waals surface area contributed by atoms with Gasteiger partial charge in [-0.25, -0.2) is 4.98 Å². The van der Waals surface area contributed by atoms with Crippen molar-refractivity contribution in [2.75, 3.05) is 11.9 Å². The van der Waals surface area contributed by atoms with Crippen LogP contribution in [0, 0.1) is 0 Å². The van der Waals surface area contributed by atoms with Gasteiger partial charge in [-0.15, -0.1) is 11.6 Å². The van der Waals surface area contributed by atoms with Crippen LogP contribution in [0.3, 0.4) is 0 Å². The average molecular weight is 298 g/mol. The number of hydrogen-bond acceptors (Lipinski definition) is 2. The zero-order valence-electron chi connectivity index (χ0n) is 7.73. The Morgan fingerprint density at radius 2 is 2.36 bits per heavy atom. The molecule has 78 valence electrons. The number of nitrogens with zero attached hydrogens (tertiary/aromatic N) is 1. The van der Waals surface area contributed by atoms with Crippen LogP contribution in [0.2, 0.25) is 5.02 Å². The fourth-order valence-corrected chi connectivity index (χ4v) is 1.67. The molecule has 1 unspecified atom stereocenters. The standard InChI is InChI=1S/C9H11BrCl2N2/c1-2-7(11)5-14-9-8(12)3-6(10)4-13-9/h3-4,7H,2,5H2,1H3,(H,13,14). The molecule has 1 N–H and O–H groups in total. The topological polar surface area (TPSA) is 24.9 Å². The van der Waals surface area contributed by atoms with Crippen molar-refractivity contribution in [2.45, 2.75) is 18.7 Å². The Balaban J connectivity index is 2.59. The predicted octanol–water partition coefficient (Wildman–Crippen LogP) is 3.93. The molecule has 0 spiro atoms. The molecule has 0 saturated heterocycles. The van der Waals surface area contributed by atoms with Gasteiger partial charge in [-0.05, 0) is 28.4 Å². The predicted molar refractivity (Wildman–Crippen MR) is 65.4 cm³/mol. The van der Waals surface area contributed by atoms with Crippen LogP contribution in [-0.2, 0) is 0 Å². The lowest BCUT2D eigenvalue weighted by Crippen LogP contribution is -2.14. The van der Waals surface area contributed by atoms with Crippen molar-refractivity contribution in [3.8, 4) is 0 Å². The molecule has 14 heavy (non-hydrogen) atoms. The van der Waals surface area contributed by atoms with Crippen molar-refractivity contribution < 1.29 is 0 Å². The Morgan fingerprint density at radius 3 is 2.93 bits per heavy atom. The maximum atomic E-state index is 5.96. The van der Waals surface area contributed by atoms with Crippen LogP contribution in [0.1, 0.15) is 13.3 Å². The molecule has 0 amide bonds. The smallest absolute Gasteiger partial charge is 0.144 e. The zero-order valence-corrected chi connectivity index (χ0v) is 10.8. The summed E-state index contributed by atoms with van der Waals surface area (Å²) in [5.74, 6) is 0.675. The highest BCUT2D eigenvalue weighted by Crippen LogP contribution is 2.22. The zero-order chi connectivity index (χ0) is 10.6. The van der Waals surface area contributed by atoms with Crippen molar-refractivity contribution in [3.05, 3.63) is 21.8 Å². The summed E-state index contributed by atoms with van der Waals surface area (Å²) in [5, 5.41) is 3.80. The summed E-state index contributed by atoms with van der Waals surface area (Å²) in [6.45, 7) is 2.71. The number of halogens is 3. The number of alkyl halides is 1. The van der Waals surface area contributed by atoms with Gasteiger partial charge in [-0.3, -0.25) is 0 Å². The molecule has 1 heterocycles. The molecule has 0 aromatic carbocycles. The molecule has 1 rings (SSSR count). The second kappa shape index (κ2) is 5.79. The Morgan fingerprint density at radius 1 is 1.64 bits per heavy atom. The molecule has 1 aromatic heterocycles. The van der Waals surface area contributed by atoms with Gasteiger partial charge < -0.3 is 5.32 Å². The monoisotopic (exact) mass is 296 g/mol. The lowest BCUT2D eigenvalue weighted by Gasteiger charge is -2.10. The Hall–Kier alpha value is 0.01000. The Bertz CT molecular complexity index is 307. The van der Waals surface area contributed by atoms with Crippen LogP contribution < -0.4 is 5.32 Å². The van der Waals surface area contributed by atoms with Gasteiger partial charge in [0.15, 0.2) is 0 Å². The van der Waals surface area contributed by atoms with Gasteiger partial charge in [-0.2, -0.15) is 0 Å². The molecule has 0 fully saturated rings.